The number of Topliss-reactive ketones (excluding diaryl/α,β-unsaturated/α-hetero) is 1. The largest absolute Gasteiger partial charge is 0.457 e. The lowest BCUT2D eigenvalue weighted by Crippen LogP contribution is -2.18. The highest BCUT2D eigenvalue weighted by atomic mass is 32.2. The lowest BCUT2D eigenvalue weighted by atomic mass is 10.3. The fourth-order valence-corrected chi connectivity index (χ4v) is 3.22. The molecule has 0 fully saturated rings. The van der Waals surface area contributed by atoms with Crippen molar-refractivity contribution >= 4 is 46.4 Å². The molecule has 0 aliphatic heterocycles. The van der Waals surface area contributed by atoms with Gasteiger partial charge < -0.3 is 10.1 Å². The van der Waals surface area contributed by atoms with E-state index in [0.29, 0.717) is 4.88 Å². The van der Waals surface area contributed by atoms with Crippen molar-refractivity contribution in [2.75, 3.05) is 23.4 Å². The predicted octanol–water partition coefficient (Wildman–Crippen LogP) is 3.29. The van der Waals surface area contributed by atoms with Crippen LogP contribution >= 0.6 is 23.1 Å². The first-order chi connectivity index (χ1) is 12.0. The van der Waals surface area contributed by atoms with Gasteiger partial charge in [0.15, 0.2) is 6.61 Å². The van der Waals surface area contributed by atoms with Gasteiger partial charge in [-0.05, 0) is 31.2 Å². The predicted molar refractivity (Wildman–Crippen MR) is 96.7 cm³/mol. The summed E-state index contributed by atoms with van der Waals surface area (Å²) in [7, 11) is 0. The van der Waals surface area contributed by atoms with Crippen LogP contribution in [0, 0.1) is 12.7 Å². The molecular formula is C17H16FNO4S2. The van der Waals surface area contributed by atoms with E-state index in [1.807, 2.05) is 13.0 Å². The molecule has 0 saturated heterocycles. The molecule has 2 rings (SSSR count). The van der Waals surface area contributed by atoms with E-state index in [1.165, 1.54) is 29.5 Å². The summed E-state index contributed by atoms with van der Waals surface area (Å²) in [5.74, 6) is -1.88. The number of esters is 1. The highest BCUT2D eigenvalue weighted by molar-refractivity contribution is 8.00. The second-order valence-corrected chi connectivity index (χ2v) is 7.29. The van der Waals surface area contributed by atoms with E-state index in [0.717, 1.165) is 16.6 Å². The topological polar surface area (TPSA) is 72.5 Å². The molecule has 5 nitrogen and oxygen atoms in total. The van der Waals surface area contributed by atoms with Crippen molar-refractivity contribution < 1.29 is 23.5 Å². The number of hydrogen-bond acceptors (Lipinski definition) is 6. The number of carbonyl (C=O) groups is 3. The number of benzene rings is 1. The molecule has 1 N–H and O–H groups in total. The molecule has 1 heterocycles. The van der Waals surface area contributed by atoms with Crippen molar-refractivity contribution in [3.05, 3.63) is 52.0 Å². The number of thioether (sulfide) groups is 1. The van der Waals surface area contributed by atoms with Crippen LogP contribution in [0.25, 0.3) is 0 Å². The van der Waals surface area contributed by atoms with Crippen molar-refractivity contribution in [3.63, 3.8) is 0 Å². The van der Waals surface area contributed by atoms with Crippen molar-refractivity contribution in [2.24, 2.45) is 0 Å². The summed E-state index contributed by atoms with van der Waals surface area (Å²) in [6.07, 6.45) is 0. The third-order valence-corrected chi connectivity index (χ3v) is 4.93. The van der Waals surface area contributed by atoms with Crippen LogP contribution < -0.4 is 5.32 Å². The molecule has 25 heavy (non-hydrogen) atoms. The van der Waals surface area contributed by atoms with Crippen LogP contribution in [-0.4, -0.2) is 35.8 Å². The Balaban J connectivity index is 1.65. The van der Waals surface area contributed by atoms with Gasteiger partial charge in [0.25, 0.3) is 0 Å². The number of halogens is 1. The minimum atomic E-state index is -0.578. The van der Waals surface area contributed by atoms with E-state index in [9.17, 15) is 18.8 Å². The van der Waals surface area contributed by atoms with Gasteiger partial charge in [0.2, 0.25) is 11.7 Å². The lowest BCUT2D eigenvalue weighted by molar-refractivity contribution is -0.139. The van der Waals surface area contributed by atoms with Crippen molar-refractivity contribution in [2.45, 2.75) is 6.92 Å². The summed E-state index contributed by atoms with van der Waals surface area (Å²) in [4.78, 5) is 36.6. The number of nitrogens with one attached hydrogen (secondary N) is 1. The average molecular weight is 381 g/mol. The van der Waals surface area contributed by atoms with Crippen LogP contribution in [0.3, 0.4) is 0 Å². The average Bonchev–Trinajstić information content (AvgIpc) is 3.01. The summed E-state index contributed by atoms with van der Waals surface area (Å²) in [6.45, 7) is 1.57. The molecule has 0 unspecified atom stereocenters. The van der Waals surface area contributed by atoms with Gasteiger partial charge in [-0.2, -0.15) is 0 Å². The van der Waals surface area contributed by atoms with Crippen LogP contribution in [-0.2, 0) is 14.3 Å². The van der Waals surface area contributed by atoms with E-state index < -0.39 is 17.7 Å². The second-order valence-electron chi connectivity index (χ2n) is 5.01. The van der Waals surface area contributed by atoms with Gasteiger partial charge in [0.1, 0.15) is 5.82 Å². The number of ketones is 1. The number of hydrogen-bond donors (Lipinski definition) is 1. The van der Waals surface area contributed by atoms with Crippen LogP contribution in [0.1, 0.15) is 14.5 Å². The van der Waals surface area contributed by atoms with E-state index in [-0.39, 0.29) is 29.6 Å². The molecule has 0 atom stereocenters. The Morgan fingerprint density at radius 1 is 1.16 bits per heavy atom. The number of thiophene rings is 1. The molecule has 2 aromatic rings. The fourth-order valence-electron chi connectivity index (χ4n) is 1.82. The van der Waals surface area contributed by atoms with Crippen LogP contribution in [0.5, 0.6) is 0 Å². The van der Waals surface area contributed by atoms with E-state index in [1.54, 1.807) is 12.1 Å². The van der Waals surface area contributed by atoms with Gasteiger partial charge in [-0.1, -0.05) is 12.1 Å². The minimum Gasteiger partial charge on any atom is -0.457 e. The summed E-state index contributed by atoms with van der Waals surface area (Å²) in [5.41, 5.74) is 0.0903. The van der Waals surface area contributed by atoms with Crippen LogP contribution in [0.15, 0.2) is 36.4 Å². The Bertz CT molecular complexity index is 776. The zero-order valence-corrected chi connectivity index (χ0v) is 15.0. The van der Waals surface area contributed by atoms with Gasteiger partial charge in [-0.3, -0.25) is 14.4 Å². The van der Waals surface area contributed by atoms with Crippen molar-refractivity contribution in [1.82, 2.24) is 0 Å². The number of ether oxygens (including phenoxy) is 1. The zero-order valence-electron chi connectivity index (χ0n) is 13.4. The third kappa shape index (κ3) is 6.32. The summed E-state index contributed by atoms with van der Waals surface area (Å²) >= 11 is 2.37. The normalized spacial score (nSPS) is 10.3. The van der Waals surface area contributed by atoms with E-state index >= 15 is 0 Å². The maximum Gasteiger partial charge on any atom is 0.316 e. The highest BCUT2D eigenvalue weighted by Gasteiger charge is 2.13. The van der Waals surface area contributed by atoms with Crippen LogP contribution in [0.2, 0.25) is 0 Å². The SMILES string of the molecule is Cc1ccc(C(=O)COC(=O)CSCC(=O)Nc2ccccc2F)s1. The highest BCUT2D eigenvalue weighted by Crippen LogP contribution is 2.16. The van der Waals surface area contributed by atoms with Gasteiger partial charge in [-0.25, -0.2) is 4.39 Å². The Labute approximate surface area is 152 Å². The molecule has 1 aromatic heterocycles. The molecule has 132 valence electrons. The second kappa shape index (κ2) is 9.33. The maximum atomic E-state index is 13.4. The maximum absolute atomic E-state index is 13.4. The number of amides is 1. The quantitative estimate of drug-likeness (QED) is 0.561. The van der Waals surface area contributed by atoms with Crippen molar-refractivity contribution in [3.8, 4) is 0 Å². The minimum absolute atomic E-state index is 0.0263. The van der Waals surface area contributed by atoms with Crippen LogP contribution in [0.4, 0.5) is 10.1 Å². The molecule has 0 aliphatic carbocycles. The standard InChI is InChI=1S/C17H16FNO4S2/c1-11-6-7-15(25-11)14(20)8-23-17(22)10-24-9-16(21)19-13-5-3-2-4-12(13)18/h2-7H,8-10H2,1H3,(H,19,21). The summed E-state index contributed by atoms with van der Waals surface area (Å²) in [6, 6.07) is 9.34. The van der Waals surface area contributed by atoms with E-state index in [4.69, 9.17) is 4.74 Å². The monoisotopic (exact) mass is 381 g/mol. The molecular weight excluding hydrogens is 365 g/mol. The molecule has 0 spiro atoms. The van der Waals surface area contributed by atoms with Crippen molar-refractivity contribution in [1.29, 1.82) is 0 Å². The fraction of sp³-hybridized carbons (Fsp3) is 0.235. The molecule has 0 aliphatic rings. The number of rotatable bonds is 8. The lowest BCUT2D eigenvalue weighted by Gasteiger charge is -2.06. The molecule has 0 radical (unpaired) electrons. The van der Waals surface area contributed by atoms with E-state index in [2.05, 4.69) is 5.32 Å². The first-order valence-electron chi connectivity index (χ1n) is 7.33. The number of para-hydroxylation sites is 1. The molecule has 1 aromatic carbocycles. The van der Waals surface area contributed by atoms with Gasteiger partial charge in [0.05, 0.1) is 22.1 Å². The Morgan fingerprint density at radius 2 is 1.92 bits per heavy atom. The Hall–Kier alpha value is -2.19. The molecule has 8 heteroatoms. The first-order valence-corrected chi connectivity index (χ1v) is 9.30. The first kappa shape index (κ1) is 19.1. The molecule has 0 bridgehead atoms. The summed E-state index contributed by atoms with van der Waals surface area (Å²) < 4.78 is 18.3. The zero-order chi connectivity index (χ0) is 18.2. The Morgan fingerprint density at radius 3 is 2.60 bits per heavy atom. The third-order valence-electron chi connectivity index (χ3n) is 2.98. The smallest absolute Gasteiger partial charge is 0.316 e. The number of aryl methyl sites for hydroxylation is 1. The Kier molecular flexibility index (Phi) is 7.15. The molecule has 1 amide bonds. The van der Waals surface area contributed by atoms with Gasteiger partial charge in [0, 0.05) is 4.88 Å². The number of carbonyl (C=O) groups excluding carboxylic acids is 3. The molecule has 0 saturated carbocycles. The van der Waals surface area contributed by atoms with Gasteiger partial charge in [-0.15, -0.1) is 23.1 Å². The van der Waals surface area contributed by atoms with Gasteiger partial charge >= 0.3 is 5.97 Å². The summed E-state index contributed by atoms with van der Waals surface area (Å²) in [5, 5.41) is 2.42. The number of anilines is 1.